The summed E-state index contributed by atoms with van der Waals surface area (Å²) in [5.41, 5.74) is -0.672. The number of ether oxygens (including phenoxy) is 1. The first-order chi connectivity index (χ1) is 8.59. The molecule has 3 N–H and O–H groups in total. The highest BCUT2D eigenvalue weighted by Gasteiger charge is 2.32. The number of aliphatic hydroxyl groups is 1. The van der Waals surface area contributed by atoms with Crippen LogP contribution in [0.5, 0.6) is 0 Å². The smallest absolute Gasteiger partial charge is 0.306 e. The topological polar surface area (TPSA) is 78.8 Å². The zero-order valence-corrected chi connectivity index (χ0v) is 10.7. The highest BCUT2D eigenvalue weighted by Crippen LogP contribution is 2.26. The van der Waals surface area contributed by atoms with Gasteiger partial charge in [-0.2, -0.15) is 0 Å². The van der Waals surface area contributed by atoms with E-state index in [4.69, 9.17) is 9.84 Å². The Labute approximate surface area is 108 Å². The summed E-state index contributed by atoms with van der Waals surface area (Å²) in [5.74, 6) is -0.910. The molecule has 1 aliphatic carbocycles. The van der Waals surface area contributed by atoms with E-state index < -0.39 is 11.6 Å². The van der Waals surface area contributed by atoms with Crippen LogP contribution >= 0.6 is 0 Å². The Kier molecular flexibility index (Phi) is 4.59. The lowest BCUT2D eigenvalue weighted by Gasteiger charge is -2.35. The number of hydrogen-bond donors (Lipinski definition) is 3. The van der Waals surface area contributed by atoms with Crippen molar-refractivity contribution in [2.45, 2.75) is 50.2 Å². The predicted octanol–water partition coefficient (Wildman–Crippen LogP) is 0.761. The first-order valence-electron chi connectivity index (χ1n) is 6.85. The van der Waals surface area contributed by atoms with E-state index in [0.29, 0.717) is 39.0 Å². The number of carboxylic acid groups (broad SMARTS) is 1. The maximum absolute atomic E-state index is 11.0. The zero-order chi connectivity index (χ0) is 13.0. The minimum atomic E-state index is -0.689. The third kappa shape index (κ3) is 3.67. The lowest BCUT2D eigenvalue weighted by molar-refractivity contribution is -0.143. The van der Waals surface area contributed by atoms with E-state index in [-0.39, 0.29) is 12.0 Å². The van der Waals surface area contributed by atoms with Crippen LogP contribution in [0.15, 0.2) is 0 Å². The van der Waals surface area contributed by atoms with Crippen molar-refractivity contribution in [3.8, 4) is 0 Å². The Bertz CT molecular complexity index is 289. The molecule has 2 rings (SSSR count). The van der Waals surface area contributed by atoms with E-state index in [9.17, 15) is 9.90 Å². The molecule has 5 heteroatoms. The molecule has 0 aromatic rings. The summed E-state index contributed by atoms with van der Waals surface area (Å²) >= 11 is 0. The summed E-state index contributed by atoms with van der Waals surface area (Å²) in [4.78, 5) is 11.0. The zero-order valence-electron chi connectivity index (χ0n) is 10.7. The largest absolute Gasteiger partial charge is 0.481 e. The normalized spacial score (nSPS) is 32.1. The van der Waals surface area contributed by atoms with Gasteiger partial charge in [-0.05, 0) is 19.3 Å². The molecule has 104 valence electrons. The fourth-order valence-electron chi connectivity index (χ4n) is 2.86. The molecular weight excluding hydrogens is 234 g/mol. The summed E-state index contributed by atoms with van der Waals surface area (Å²) in [6.07, 6.45) is 4.75. The summed E-state index contributed by atoms with van der Waals surface area (Å²) in [7, 11) is 0. The molecular formula is C13H23NO4. The molecule has 0 bridgehead atoms. The Morgan fingerprint density at radius 1 is 1.33 bits per heavy atom. The number of carboxylic acids is 1. The molecule has 0 aromatic carbocycles. The van der Waals surface area contributed by atoms with Crippen LogP contribution in [0.1, 0.15) is 38.5 Å². The van der Waals surface area contributed by atoms with Crippen molar-refractivity contribution in [3.05, 3.63) is 0 Å². The Hall–Kier alpha value is -0.650. The van der Waals surface area contributed by atoms with Crippen LogP contribution in [0.25, 0.3) is 0 Å². The van der Waals surface area contributed by atoms with Crippen LogP contribution in [0.3, 0.4) is 0 Å². The van der Waals surface area contributed by atoms with Crippen molar-refractivity contribution in [3.63, 3.8) is 0 Å². The molecule has 0 spiro atoms. The number of rotatable bonds is 4. The van der Waals surface area contributed by atoms with Gasteiger partial charge in [0.1, 0.15) is 0 Å². The molecule has 1 saturated heterocycles. The third-order valence-electron chi connectivity index (χ3n) is 4.17. The van der Waals surface area contributed by atoms with Crippen molar-refractivity contribution in [1.82, 2.24) is 5.32 Å². The highest BCUT2D eigenvalue weighted by atomic mass is 16.5. The number of carbonyl (C=O) groups is 1. The molecule has 1 heterocycles. The van der Waals surface area contributed by atoms with E-state index in [1.54, 1.807) is 0 Å². The van der Waals surface area contributed by atoms with Gasteiger partial charge in [-0.1, -0.05) is 6.42 Å². The maximum atomic E-state index is 11.0. The molecule has 5 nitrogen and oxygen atoms in total. The second kappa shape index (κ2) is 5.99. The summed E-state index contributed by atoms with van der Waals surface area (Å²) in [6, 6.07) is 0.228. The van der Waals surface area contributed by atoms with E-state index in [0.717, 1.165) is 19.3 Å². The van der Waals surface area contributed by atoms with E-state index in [2.05, 4.69) is 5.32 Å². The predicted molar refractivity (Wildman–Crippen MR) is 66.4 cm³/mol. The minimum Gasteiger partial charge on any atom is -0.481 e. The lowest BCUT2D eigenvalue weighted by Crippen LogP contribution is -2.49. The summed E-state index contributed by atoms with van der Waals surface area (Å²) < 4.78 is 5.24. The number of aliphatic carboxylic acids is 1. The maximum Gasteiger partial charge on any atom is 0.306 e. The van der Waals surface area contributed by atoms with Crippen molar-refractivity contribution in [1.29, 1.82) is 0 Å². The number of hydrogen-bond acceptors (Lipinski definition) is 4. The van der Waals surface area contributed by atoms with Gasteiger partial charge in [0.2, 0.25) is 0 Å². The average molecular weight is 257 g/mol. The Morgan fingerprint density at radius 3 is 2.72 bits per heavy atom. The van der Waals surface area contributed by atoms with Gasteiger partial charge in [0.25, 0.3) is 0 Å². The fraction of sp³-hybridized carbons (Fsp3) is 0.923. The van der Waals surface area contributed by atoms with Gasteiger partial charge >= 0.3 is 5.97 Å². The quantitative estimate of drug-likeness (QED) is 0.693. The molecule has 2 fully saturated rings. The van der Waals surface area contributed by atoms with Gasteiger partial charge in [-0.3, -0.25) is 4.79 Å². The van der Waals surface area contributed by atoms with E-state index in [1.165, 1.54) is 0 Å². The first-order valence-corrected chi connectivity index (χ1v) is 6.85. The molecule has 0 aromatic heterocycles. The molecule has 18 heavy (non-hydrogen) atoms. The first kappa shape index (κ1) is 13.8. The molecule has 0 radical (unpaired) electrons. The van der Waals surface area contributed by atoms with Crippen LogP contribution in [-0.4, -0.2) is 47.6 Å². The molecule has 0 amide bonds. The van der Waals surface area contributed by atoms with Crippen molar-refractivity contribution >= 4 is 5.97 Å². The standard InChI is InChI=1S/C13H23NO4/c15-12(16)10-2-1-3-11(8-10)14-9-13(17)4-6-18-7-5-13/h10-11,14,17H,1-9H2,(H,15,16). The summed E-state index contributed by atoms with van der Waals surface area (Å²) in [5, 5.41) is 22.7. The molecule has 2 aliphatic rings. The van der Waals surface area contributed by atoms with Crippen LogP contribution in [0, 0.1) is 5.92 Å². The van der Waals surface area contributed by atoms with Crippen molar-refractivity contribution in [2.75, 3.05) is 19.8 Å². The highest BCUT2D eigenvalue weighted by molar-refractivity contribution is 5.70. The molecule has 2 unspecified atom stereocenters. The fourth-order valence-corrected chi connectivity index (χ4v) is 2.86. The van der Waals surface area contributed by atoms with Crippen LogP contribution in [0.4, 0.5) is 0 Å². The van der Waals surface area contributed by atoms with E-state index in [1.807, 2.05) is 0 Å². The Balaban J connectivity index is 1.77. The monoisotopic (exact) mass is 257 g/mol. The van der Waals surface area contributed by atoms with Gasteiger partial charge in [-0.15, -0.1) is 0 Å². The second-order valence-corrected chi connectivity index (χ2v) is 5.62. The molecule has 2 atom stereocenters. The molecule has 1 saturated carbocycles. The average Bonchev–Trinajstić information content (AvgIpc) is 2.38. The van der Waals surface area contributed by atoms with Gasteiger partial charge in [0, 0.05) is 38.6 Å². The third-order valence-corrected chi connectivity index (χ3v) is 4.17. The van der Waals surface area contributed by atoms with Crippen molar-refractivity contribution in [2.24, 2.45) is 5.92 Å². The minimum absolute atomic E-state index is 0.222. The second-order valence-electron chi connectivity index (χ2n) is 5.62. The van der Waals surface area contributed by atoms with Crippen molar-refractivity contribution < 1.29 is 19.7 Å². The SMILES string of the molecule is O=C(O)C1CCCC(NCC2(O)CCOCC2)C1. The van der Waals surface area contributed by atoms with Crippen LogP contribution in [-0.2, 0) is 9.53 Å². The van der Waals surface area contributed by atoms with Gasteiger partial charge in [0.05, 0.1) is 11.5 Å². The van der Waals surface area contributed by atoms with Gasteiger partial charge in [0.15, 0.2) is 0 Å². The van der Waals surface area contributed by atoms with E-state index >= 15 is 0 Å². The Morgan fingerprint density at radius 2 is 2.06 bits per heavy atom. The van der Waals surface area contributed by atoms with Crippen LogP contribution in [0.2, 0.25) is 0 Å². The summed E-state index contributed by atoms with van der Waals surface area (Å²) in [6.45, 7) is 1.77. The van der Waals surface area contributed by atoms with Crippen LogP contribution < -0.4 is 5.32 Å². The number of nitrogens with one attached hydrogen (secondary N) is 1. The lowest BCUT2D eigenvalue weighted by atomic mass is 9.85. The molecule has 1 aliphatic heterocycles. The van der Waals surface area contributed by atoms with Gasteiger partial charge in [-0.25, -0.2) is 0 Å². The van der Waals surface area contributed by atoms with Gasteiger partial charge < -0.3 is 20.3 Å².